The number of thiazole rings is 1. The summed E-state index contributed by atoms with van der Waals surface area (Å²) in [6.07, 6.45) is 3.54. The number of amides is 1. The highest BCUT2D eigenvalue weighted by Crippen LogP contribution is 2.27. The summed E-state index contributed by atoms with van der Waals surface area (Å²) in [5.41, 5.74) is 5.81. The monoisotopic (exact) mass is 300 g/mol. The first-order valence-corrected chi connectivity index (χ1v) is 7.78. The number of aliphatic hydroxyl groups is 1. The summed E-state index contributed by atoms with van der Waals surface area (Å²) >= 11 is 1.32. The van der Waals surface area contributed by atoms with Crippen LogP contribution in [0.5, 0.6) is 0 Å². The Hall–Kier alpha value is -1.34. The second-order valence-corrected chi connectivity index (χ2v) is 5.65. The first kappa shape index (κ1) is 16.7. The highest BCUT2D eigenvalue weighted by molar-refractivity contribution is 7.18. The van der Waals surface area contributed by atoms with Crippen molar-refractivity contribution in [1.82, 2.24) is 10.3 Å². The molecular weight excluding hydrogens is 276 g/mol. The Morgan fingerprint density at radius 2 is 2.20 bits per heavy atom. The number of carbonyl (C=O) groups excluding carboxylic acids is 1. The molecule has 0 aromatic carbocycles. The van der Waals surface area contributed by atoms with E-state index >= 15 is 0 Å². The molecule has 0 saturated heterocycles. The molecular formula is C13H24N4O2S. The average Bonchev–Trinajstić information content (AvgIpc) is 2.81. The Bertz CT molecular complexity index is 423. The summed E-state index contributed by atoms with van der Waals surface area (Å²) in [6, 6.07) is 0. The molecule has 20 heavy (non-hydrogen) atoms. The third kappa shape index (κ3) is 4.97. The Balaban J connectivity index is 2.51. The minimum absolute atomic E-state index is 0.167. The molecule has 6 nitrogen and oxygen atoms in total. The van der Waals surface area contributed by atoms with E-state index in [-0.39, 0.29) is 12.5 Å². The summed E-state index contributed by atoms with van der Waals surface area (Å²) in [7, 11) is 1.94. The number of carbonyl (C=O) groups is 1. The number of aromatic nitrogens is 1. The van der Waals surface area contributed by atoms with E-state index in [0.29, 0.717) is 17.2 Å². The van der Waals surface area contributed by atoms with Crippen molar-refractivity contribution in [2.45, 2.75) is 32.6 Å². The third-order valence-electron chi connectivity index (χ3n) is 2.85. The molecule has 1 aromatic rings. The molecule has 1 aromatic heterocycles. The van der Waals surface area contributed by atoms with Crippen LogP contribution in [0, 0.1) is 0 Å². The lowest BCUT2D eigenvalue weighted by Gasteiger charge is -2.13. The normalized spacial score (nSPS) is 10.6. The number of nitrogens with zero attached hydrogens (tertiary/aromatic N) is 2. The van der Waals surface area contributed by atoms with Gasteiger partial charge in [0.1, 0.15) is 10.7 Å². The molecule has 0 fully saturated rings. The summed E-state index contributed by atoms with van der Waals surface area (Å²) in [5.74, 6) is 0.126. The predicted octanol–water partition coefficient (Wildman–Crippen LogP) is 1.46. The van der Waals surface area contributed by atoms with Gasteiger partial charge in [-0.2, -0.15) is 0 Å². The van der Waals surface area contributed by atoms with E-state index in [1.807, 2.05) is 11.9 Å². The Morgan fingerprint density at radius 3 is 2.85 bits per heavy atom. The number of rotatable bonds is 9. The number of unbranched alkanes of at least 4 members (excludes halogenated alkanes) is 2. The molecule has 7 heteroatoms. The lowest BCUT2D eigenvalue weighted by molar-refractivity contribution is 0.0957. The maximum absolute atomic E-state index is 12.0. The highest BCUT2D eigenvalue weighted by atomic mass is 32.1. The maximum Gasteiger partial charge on any atom is 0.265 e. The van der Waals surface area contributed by atoms with Crippen LogP contribution in [-0.2, 0) is 0 Å². The minimum Gasteiger partial charge on any atom is -0.396 e. The minimum atomic E-state index is -0.167. The largest absolute Gasteiger partial charge is 0.396 e. The second-order valence-electron chi connectivity index (χ2n) is 4.67. The molecule has 4 N–H and O–H groups in total. The summed E-state index contributed by atoms with van der Waals surface area (Å²) in [4.78, 5) is 18.7. The smallest absolute Gasteiger partial charge is 0.265 e. The molecule has 0 aliphatic rings. The van der Waals surface area contributed by atoms with Crippen molar-refractivity contribution in [3.63, 3.8) is 0 Å². The molecule has 0 unspecified atom stereocenters. The molecule has 0 aliphatic heterocycles. The molecule has 114 valence electrons. The van der Waals surface area contributed by atoms with E-state index in [0.717, 1.165) is 37.4 Å². The van der Waals surface area contributed by atoms with Crippen molar-refractivity contribution in [2.24, 2.45) is 0 Å². The van der Waals surface area contributed by atoms with Gasteiger partial charge in [-0.05, 0) is 25.7 Å². The first-order chi connectivity index (χ1) is 9.60. The van der Waals surface area contributed by atoms with E-state index in [4.69, 9.17) is 10.8 Å². The Labute approximate surface area is 124 Å². The molecule has 0 saturated carbocycles. The van der Waals surface area contributed by atoms with Crippen molar-refractivity contribution < 1.29 is 9.90 Å². The molecule has 0 spiro atoms. The van der Waals surface area contributed by atoms with Crippen molar-refractivity contribution in [3.8, 4) is 0 Å². The molecule has 1 heterocycles. The van der Waals surface area contributed by atoms with E-state index in [9.17, 15) is 4.79 Å². The number of hydrogen-bond acceptors (Lipinski definition) is 6. The number of nitrogen functional groups attached to an aromatic ring is 1. The van der Waals surface area contributed by atoms with Crippen LogP contribution in [0.3, 0.4) is 0 Å². The standard InChI is InChI=1S/C13H24N4O2S/c1-3-8-17(2)13-16-11(14)10(20-13)12(19)15-7-5-4-6-9-18/h18H,3-9,14H2,1-2H3,(H,15,19). The van der Waals surface area contributed by atoms with Gasteiger partial charge in [-0.1, -0.05) is 18.3 Å². The van der Waals surface area contributed by atoms with Crippen molar-refractivity contribution in [3.05, 3.63) is 4.88 Å². The van der Waals surface area contributed by atoms with E-state index in [1.54, 1.807) is 0 Å². The van der Waals surface area contributed by atoms with Gasteiger partial charge in [-0.25, -0.2) is 4.98 Å². The SMILES string of the molecule is CCCN(C)c1nc(N)c(C(=O)NCCCCCO)s1. The Kier molecular flexibility index (Phi) is 7.32. The van der Waals surface area contributed by atoms with Crippen LogP contribution in [0.4, 0.5) is 10.9 Å². The molecule has 0 atom stereocenters. The van der Waals surface area contributed by atoms with Gasteiger partial charge in [0.15, 0.2) is 5.13 Å². The van der Waals surface area contributed by atoms with Gasteiger partial charge in [0.2, 0.25) is 0 Å². The van der Waals surface area contributed by atoms with E-state index in [2.05, 4.69) is 17.2 Å². The van der Waals surface area contributed by atoms with Crippen LogP contribution in [0.1, 0.15) is 42.3 Å². The van der Waals surface area contributed by atoms with Crippen LogP contribution in [0.15, 0.2) is 0 Å². The first-order valence-electron chi connectivity index (χ1n) is 6.96. The number of nitrogens with one attached hydrogen (secondary N) is 1. The van der Waals surface area contributed by atoms with Crippen LogP contribution < -0.4 is 16.0 Å². The Morgan fingerprint density at radius 1 is 1.45 bits per heavy atom. The second kappa shape index (κ2) is 8.76. The van der Waals surface area contributed by atoms with Crippen LogP contribution in [0.2, 0.25) is 0 Å². The van der Waals surface area contributed by atoms with E-state index < -0.39 is 0 Å². The van der Waals surface area contributed by atoms with Gasteiger partial charge in [0, 0.05) is 26.7 Å². The van der Waals surface area contributed by atoms with Gasteiger partial charge >= 0.3 is 0 Å². The summed E-state index contributed by atoms with van der Waals surface area (Å²) < 4.78 is 0. The fourth-order valence-corrected chi connectivity index (χ4v) is 2.66. The van der Waals surface area contributed by atoms with Crippen molar-refractivity contribution in [2.75, 3.05) is 37.4 Å². The zero-order chi connectivity index (χ0) is 15.0. The van der Waals surface area contributed by atoms with Crippen LogP contribution in [0.25, 0.3) is 0 Å². The lowest BCUT2D eigenvalue weighted by atomic mass is 10.2. The zero-order valence-electron chi connectivity index (χ0n) is 12.2. The fraction of sp³-hybridized carbons (Fsp3) is 0.692. The van der Waals surface area contributed by atoms with Gasteiger partial charge < -0.3 is 21.1 Å². The molecule has 0 radical (unpaired) electrons. The molecule has 0 bridgehead atoms. The average molecular weight is 300 g/mol. The van der Waals surface area contributed by atoms with Crippen LogP contribution in [-0.4, -0.2) is 42.7 Å². The van der Waals surface area contributed by atoms with Gasteiger partial charge in [-0.3, -0.25) is 4.79 Å². The zero-order valence-corrected chi connectivity index (χ0v) is 13.0. The van der Waals surface area contributed by atoms with Crippen molar-refractivity contribution >= 4 is 28.2 Å². The summed E-state index contributed by atoms with van der Waals surface area (Å²) in [6.45, 7) is 3.77. The van der Waals surface area contributed by atoms with Gasteiger partial charge in [0.25, 0.3) is 5.91 Å². The molecule has 0 aliphatic carbocycles. The topological polar surface area (TPSA) is 91.5 Å². The van der Waals surface area contributed by atoms with Crippen molar-refractivity contribution in [1.29, 1.82) is 0 Å². The summed E-state index contributed by atoms with van der Waals surface area (Å²) in [5, 5.41) is 12.3. The van der Waals surface area contributed by atoms with Gasteiger partial charge in [-0.15, -0.1) is 0 Å². The predicted molar refractivity (Wildman–Crippen MR) is 83.4 cm³/mol. The quantitative estimate of drug-likeness (QED) is 0.601. The third-order valence-corrected chi connectivity index (χ3v) is 4.04. The van der Waals surface area contributed by atoms with Crippen LogP contribution >= 0.6 is 11.3 Å². The number of nitrogens with two attached hydrogens (primary N) is 1. The molecule has 1 rings (SSSR count). The number of hydrogen-bond donors (Lipinski definition) is 3. The fourth-order valence-electron chi connectivity index (χ4n) is 1.77. The number of anilines is 2. The molecule has 1 amide bonds. The number of aliphatic hydroxyl groups excluding tert-OH is 1. The highest BCUT2D eigenvalue weighted by Gasteiger charge is 2.17. The van der Waals surface area contributed by atoms with E-state index in [1.165, 1.54) is 11.3 Å². The van der Waals surface area contributed by atoms with Gasteiger partial charge in [0.05, 0.1) is 0 Å². The lowest BCUT2D eigenvalue weighted by Crippen LogP contribution is -2.24. The maximum atomic E-state index is 12.0.